The molecule has 1 heterocycles. The van der Waals surface area contributed by atoms with Gasteiger partial charge in [0.15, 0.2) is 0 Å². The summed E-state index contributed by atoms with van der Waals surface area (Å²) in [6, 6.07) is 13.8. The summed E-state index contributed by atoms with van der Waals surface area (Å²) >= 11 is 6.15. The molecule has 0 radical (unpaired) electrons. The summed E-state index contributed by atoms with van der Waals surface area (Å²) in [7, 11) is 1.60. The third kappa shape index (κ3) is 5.20. The van der Waals surface area contributed by atoms with Gasteiger partial charge in [0, 0.05) is 12.1 Å². The predicted molar refractivity (Wildman–Crippen MR) is 120 cm³/mol. The molecule has 0 unspecified atom stereocenters. The monoisotopic (exact) mass is 442 g/mol. The van der Waals surface area contributed by atoms with E-state index in [1.165, 1.54) is 10.5 Å². The van der Waals surface area contributed by atoms with Crippen molar-refractivity contribution in [2.24, 2.45) is 0 Å². The van der Waals surface area contributed by atoms with Crippen molar-refractivity contribution < 1.29 is 19.1 Å². The molecule has 1 aliphatic rings. The molecule has 0 bridgehead atoms. The first kappa shape index (κ1) is 22.7. The van der Waals surface area contributed by atoms with Crippen molar-refractivity contribution in [3.63, 3.8) is 0 Å². The molecule has 0 aliphatic carbocycles. The van der Waals surface area contributed by atoms with E-state index in [-0.39, 0.29) is 19.2 Å². The van der Waals surface area contributed by atoms with Gasteiger partial charge in [-0.2, -0.15) is 0 Å². The number of likely N-dealkylation sites (N-methyl/N-ethyl adjacent to an activating group) is 1. The van der Waals surface area contributed by atoms with Gasteiger partial charge in [0.05, 0.1) is 23.9 Å². The average Bonchev–Trinajstić information content (AvgIpc) is 2.74. The van der Waals surface area contributed by atoms with Crippen LogP contribution in [0.2, 0.25) is 5.02 Å². The average molecular weight is 443 g/mol. The minimum Gasteiger partial charge on any atom is -0.487 e. The van der Waals surface area contributed by atoms with Crippen molar-refractivity contribution >= 4 is 23.6 Å². The second-order valence-corrected chi connectivity index (χ2v) is 8.03. The molecule has 0 fully saturated rings. The number of hydrogen-bond acceptors (Lipinski definition) is 4. The van der Waals surface area contributed by atoms with Crippen LogP contribution in [0, 0.1) is 0 Å². The number of carbonyl (C=O) groups is 2. The third-order valence-corrected chi connectivity index (χ3v) is 5.41. The Morgan fingerprint density at radius 2 is 1.90 bits per heavy atom. The Bertz CT molecular complexity index is 985. The van der Waals surface area contributed by atoms with Gasteiger partial charge >= 0.3 is 12.0 Å². The van der Waals surface area contributed by atoms with Crippen LogP contribution < -0.4 is 10.1 Å². The maximum atomic E-state index is 12.9. The number of nitrogens with one attached hydrogen (secondary N) is 1. The number of rotatable bonds is 7. The van der Waals surface area contributed by atoms with E-state index >= 15 is 0 Å². The van der Waals surface area contributed by atoms with Gasteiger partial charge in [-0.25, -0.2) is 9.59 Å². The molecule has 0 aromatic heterocycles. The fourth-order valence-corrected chi connectivity index (χ4v) is 3.62. The Morgan fingerprint density at radius 3 is 2.52 bits per heavy atom. The quantitative estimate of drug-likeness (QED) is 0.609. The maximum absolute atomic E-state index is 12.9. The fourth-order valence-electron chi connectivity index (χ4n) is 3.42. The number of carbonyl (C=O) groups excluding carboxylic acids is 2. The number of amides is 2. The normalized spacial score (nSPS) is 16.4. The van der Waals surface area contributed by atoms with Crippen molar-refractivity contribution in [1.29, 1.82) is 0 Å². The van der Waals surface area contributed by atoms with E-state index < -0.39 is 12.0 Å². The topological polar surface area (TPSA) is 67.9 Å². The highest BCUT2D eigenvalue weighted by Gasteiger charge is 2.37. The highest BCUT2D eigenvalue weighted by molar-refractivity contribution is 6.30. The summed E-state index contributed by atoms with van der Waals surface area (Å²) in [4.78, 5) is 27.0. The second-order valence-electron chi connectivity index (χ2n) is 7.59. The Hall–Kier alpha value is -2.99. The molecule has 2 aromatic carbocycles. The van der Waals surface area contributed by atoms with Gasteiger partial charge in [-0.3, -0.25) is 4.90 Å². The standard InChI is InChI=1S/C24H27ClN2O4/c1-5-30-23(28)21-20(14-31-19-11-9-16(10-12-19)15(2)3)27(4)24(29)26-22(21)17-7-6-8-18(25)13-17/h6-13,15,22H,5,14H2,1-4H3,(H,26,29)/t22-/m1/s1. The molecule has 164 valence electrons. The lowest BCUT2D eigenvalue weighted by molar-refractivity contribution is -0.139. The summed E-state index contributed by atoms with van der Waals surface area (Å²) in [6.07, 6.45) is 0. The van der Waals surface area contributed by atoms with Gasteiger partial charge in [-0.05, 0) is 48.2 Å². The molecule has 2 amide bonds. The van der Waals surface area contributed by atoms with Crippen LogP contribution in [0.5, 0.6) is 5.75 Å². The van der Waals surface area contributed by atoms with Crippen LogP contribution in [0.15, 0.2) is 59.8 Å². The van der Waals surface area contributed by atoms with Crippen LogP contribution in [0.25, 0.3) is 0 Å². The molecule has 1 atom stereocenters. The minimum absolute atomic E-state index is 0.0379. The summed E-state index contributed by atoms with van der Waals surface area (Å²) in [5, 5.41) is 3.37. The summed E-state index contributed by atoms with van der Waals surface area (Å²) < 4.78 is 11.3. The van der Waals surface area contributed by atoms with E-state index in [9.17, 15) is 9.59 Å². The van der Waals surface area contributed by atoms with Crippen molar-refractivity contribution in [2.75, 3.05) is 20.3 Å². The predicted octanol–water partition coefficient (Wildman–Crippen LogP) is 5.06. The van der Waals surface area contributed by atoms with Crippen LogP contribution >= 0.6 is 11.6 Å². The first-order valence-electron chi connectivity index (χ1n) is 10.2. The SMILES string of the molecule is CCOC(=O)C1=C(COc2ccc(C(C)C)cc2)N(C)C(=O)N[C@@H]1c1cccc(Cl)c1. The first-order valence-corrected chi connectivity index (χ1v) is 10.6. The largest absolute Gasteiger partial charge is 0.487 e. The second kappa shape index (κ2) is 9.88. The number of ether oxygens (including phenoxy) is 2. The molecular formula is C24H27ClN2O4. The Kier molecular flexibility index (Phi) is 7.23. The lowest BCUT2D eigenvalue weighted by atomic mass is 9.95. The first-order chi connectivity index (χ1) is 14.8. The van der Waals surface area contributed by atoms with Gasteiger partial charge < -0.3 is 14.8 Å². The highest BCUT2D eigenvalue weighted by atomic mass is 35.5. The van der Waals surface area contributed by atoms with Crippen molar-refractivity contribution in [3.8, 4) is 5.75 Å². The number of hydrogen-bond donors (Lipinski definition) is 1. The fraction of sp³-hybridized carbons (Fsp3) is 0.333. The molecular weight excluding hydrogens is 416 g/mol. The number of benzene rings is 2. The Balaban J connectivity index is 1.98. The van der Waals surface area contributed by atoms with Gasteiger partial charge in [-0.1, -0.05) is 49.7 Å². The molecule has 1 N–H and O–H groups in total. The molecule has 1 aliphatic heterocycles. The third-order valence-electron chi connectivity index (χ3n) is 5.18. The smallest absolute Gasteiger partial charge is 0.338 e. The van der Waals surface area contributed by atoms with Crippen LogP contribution in [0.3, 0.4) is 0 Å². The van der Waals surface area contributed by atoms with Crippen molar-refractivity contribution in [2.45, 2.75) is 32.7 Å². The zero-order valence-electron chi connectivity index (χ0n) is 18.1. The lowest BCUT2D eigenvalue weighted by Gasteiger charge is -2.34. The zero-order valence-corrected chi connectivity index (χ0v) is 18.9. The maximum Gasteiger partial charge on any atom is 0.338 e. The minimum atomic E-state index is -0.691. The Morgan fingerprint density at radius 1 is 1.19 bits per heavy atom. The molecule has 0 saturated carbocycles. The molecule has 2 aromatic rings. The van der Waals surface area contributed by atoms with Gasteiger partial charge in [-0.15, -0.1) is 0 Å². The van der Waals surface area contributed by atoms with Crippen LogP contribution in [0.4, 0.5) is 4.79 Å². The summed E-state index contributed by atoms with van der Waals surface area (Å²) in [6.45, 7) is 6.24. The van der Waals surface area contributed by atoms with Crippen LogP contribution in [-0.2, 0) is 9.53 Å². The molecule has 0 saturated heterocycles. The van der Waals surface area contributed by atoms with E-state index in [2.05, 4.69) is 19.2 Å². The molecule has 3 rings (SSSR count). The number of urea groups is 1. The van der Waals surface area contributed by atoms with Gasteiger partial charge in [0.2, 0.25) is 0 Å². The van der Waals surface area contributed by atoms with E-state index in [0.29, 0.717) is 33.5 Å². The van der Waals surface area contributed by atoms with E-state index in [1.807, 2.05) is 30.3 Å². The summed E-state index contributed by atoms with van der Waals surface area (Å²) in [5.41, 5.74) is 2.66. The zero-order chi connectivity index (χ0) is 22.5. The lowest BCUT2D eigenvalue weighted by Crippen LogP contribution is -2.48. The molecule has 31 heavy (non-hydrogen) atoms. The number of nitrogens with zero attached hydrogens (tertiary/aromatic N) is 1. The molecule has 6 nitrogen and oxygen atoms in total. The number of halogens is 1. The van der Waals surface area contributed by atoms with Gasteiger partial charge in [0.25, 0.3) is 0 Å². The van der Waals surface area contributed by atoms with Crippen molar-refractivity contribution in [3.05, 3.63) is 76.0 Å². The Labute approximate surface area is 187 Å². The molecule has 0 spiro atoms. The van der Waals surface area contributed by atoms with E-state index in [1.54, 1.807) is 32.2 Å². The van der Waals surface area contributed by atoms with E-state index in [0.717, 1.165) is 0 Å². The number of esters is 1. The van der Waals surface area contributed by atoms with Crippen LogP contribution in [-0.4, -0.2) is 37.2 Å². The van der Waals surface area contributed by atoms with Crippen molar-refractivity contribution in [1.82, 2.24) is 10.2 Å². The van der Waals surface area contributed by atoms with E-state index in [4.69, 9.17) is 21.1 Å². The molecule has 7 heteroatoms. The van der Waals surface area contributed by atoms with Gasteiger partial charge in [0.1, 0.15) is 12.4 Å². The highest BCUT2D eigenvalue weighted by Crippen LogP contribution is 2.32. The van der Waals surface area contributed by atoms with Crippen LogP contribution in [0.1, 0.15) is 43.9 Å². The summed E-state index contributed by atoms with van der Waals surface area (Å²) in [5.74, 6) is 0.561.